The monoisotopic (exact) mass is 302 g/mol. The fourth-order valence-electron chi connectivity index (χ4n) is 1.52. The standard InChI is InChI=1S/C12H16BrFN2O/c1-9(2)16(5-3-4-13)12(17)10-6-11(14)8-15-7-10/h6-9H,3-5H2,1-2H3. The molecule has 17 heavy (non-hydrogen) atoms. The van der Waals surface area contributed by atoms with Gasteiger partial charge in [-0.2, -0.15) is 0 Å². The van der Waals surface area contributed by atoms with Crippen LogP contribution in [0.2, 0.25) is 0 Å². The Bertz CT molecular complexity index is 385. The van der Waals surface area contributed by atoms with E-state index < -0.39 is 5.82 Å². The van der Waals surface area contributed by atoms with E-state index in [0.29, 0.717) is 12.1 Å². The number of pyridine rings is 1. The molecule has 0 bridgehead atoms. The highest BCUT2D eigenvalue weighted by Gasteiger charge is 2.18. The van der Waals surface area contributed by atoms with Gasteiger partial charge in [-0.05, 0) is 26.3 Å². The zero-order valence-electron chi connectivity index (χ0n) is 9.99. The van der Waals surface area contributed by atoms with Crippen molar-refractivity contribution in [2.45, 2.75) is 26.3 Å². The molecule has 0 aromatic carbocycles. The molecule has 0 saturated carbocycles. The fourth-order valence-corrected chi connectivity index (χ4v) is 1.77. The molecule has 0 radical (unpaired) electrons. The highest BCUT2D eigenvalue weighted by molar-refractivity contribution is 9.09. The van der Waals surface area contributed by atoms with Gasteiger partial charge in [-0.1, -0.05) is 15.9 Å². The lowest BCUT2D eigenvalue weighted by Gasteiger charge is -2.26. The number of carbonyl (C=O) groups excluding carboxylic acids is 1. The Labute approximate surface area is 109 Å². The summed E-state index contributed by atoms with van der Waals surface area (Å²) in [5.74, 6) is -0.659. The maximum Gasteiger partial charge on any atom is 0.255 e. The maximum atomic E-state index is 13.0. The average Bonchev–Trinajstić information content (AvgIpc) is 2.29. The van der Waals surface area contributed by atoms with E-state index in [1.165, 1.54) is 12.3 Å². The Hall–Kier alpha value is -0.970. The minimum atomic E-state index is -0.486. The average molecular weight is 303 g/mol. The molecule has 1 aromatic rings. The summed E-state index contributed by atoms with van der Waals surface area (Å²) in [6.07, 6.45) is 3.36. The van der Waals surface area contributed by atoms with Crippen molar-refractivity contribution in [3.05, 3.63) is 29.8 Å². The lowest BCUT2D eigenvalue weighted by Crippen LogP contribution is -2.38. The Morgan fingerprint density at radius 3 is 2.76 bits per heavy atom. The van der Waals surface area contributed by atoms with Crippen LogP contribution in [0.4, 0.5) is 4.39 Å². The SMILES string of the molecule is CC(C)N(CCCBr)C(=O)c1cncc(F)c1. The molecule has 0 unspecified atom stereocenters. The molecular weight excluding hydrogens is 287 g/mol. The predicted molar refractivity (Wildman–Crippen MR) is 68.8 cm³/mol. The molecule has 0 spiro atoms. The van der Waals surface area contributed by atoms with Crippen LogP contribution in [0.15, 0.2) is 18.5 Å². The first-order valence-electron chi connectivity index (χ1n) is 5.53. The van der Waals surface area contributed by atoms with E-state index in [1.54, 1.807) is 4.90 Å². The van der Waals surface area contributed by atoms with E-state index in [4.69, 9.17) is 0 Å². The summed E-state index contributed by atoms with van der Waals surface area (Å²) >= 11 is 3.33. The zero-order valence-corrected chi connectivity index (χ0v) is 11.6. The second-order valence-corrected chi connectivity index (χ2v) is 4.82. The summed E-state index contributed by atoms with van der Waals surface area (Å²) < 4.78 is 13.0. The summed E-state index contributed by atoms with van der Waals surface area (Å²) in [6.45, 7) is 4.54. The second kappa shape index (κ2) is 6.69. The molecule has 5 heteroatoms. The summed E-state index contributed by atoms with van der Waals surface area (Å²) in [5, 5.41) is 0.838. The number of rotatable bonds is 5. The smallest absolute Gasteiger partial charge is 0.255 e. The van der Waals surface area contributed by atoms with Crippen LogP contribution in [-0.2, 0) is 0 Å². The number of carbonyl (C=O) groups is 1. The van der Waals surface area contributed by atoms with E-state index in [2.05, 4.69) is 20.9 Å². The number of alkyl halides is 1. The van der Waals surface area contributed by atoms with Gasteiger partial charge in [0.1, 0.15) is 5.82 Å². The van der Waals surface area contributed by atoms with E-state index in [9.17, 15) is 9.18 Å². The molecule has 0 fully saturated rings. The third kappa shape index (κ3) is 4.07. The molecule has 1 aromatic heterocycles. The van der Waals surface area contributed by atoms with Crippen molar-refractivity contribution in [3.8, 4) is 0 Å². The molecular formula is C12H16BrFN2O. The largest absolute Gasteiger partial charge is 0.336 e. The quantitative estimate of drug-likeness (QED) is 0.784. The molecule has 94 valence electrons. The minimum absolute atomic E-state index is 0.0878. The summed E-state index contributed by atoms with van der Waals surface area (Å²) in [4.78, 5) is 17.6. The van der Waals surface area contributed by atoms with Gasteiger partial charge in [-0.15, -0.1) is 0 Å². The first kappa shape index (κ1) is 14.1. The highest BCUT2D eigenvalue weighted by atomic mass is 79.9. The third-order valence-corrected chi connectivity index (χ3v) is 2.93. The van der Waals surface area contributed by atoms with Crippen LogP contribution < -0.4 is 0 Å². The second-order valence-electron chi connectivity index (χ2n) is 4.03. The molecule has 3 nitrogen and oxygen atoms in total. The molecule has 0 atom stereocenters. The third-order valence-electron chi connectivity index (χ3n) is 2.37. The lowest BCUT2D eigenvalue weighted by atomic mass is 10.2. The van der Waals surface area contributed by atoms with Crippen LogP contribution in [0, 0.1) is 5.82 Å². The van der Waals surface area contributed by atoms with Crippen LogP contribution in [0.5, 0.6) is 0 Å². The van der Waals surface area contributed by atoms with Crippen molar-refractivity contribution >= 4 is 21.8 Å². The maximum absolute atomic E-state index is 13.0. The van der Waals surface area contributed by atoms with Gasteiger partial charge < -0.3 is 4.90 Å². The molecule has 1 rings (SSSR count). The van der Waals surface area contributed by atoms with Gasteiger partial charge in [-0.25, -0.2) is 4.39 Å². The van der Waals surface area contributed by atoms with Gasteiger partial charge >= 0.3 is 0 Å². The van der Waals surface area contributed by atoms with Gasteiger partial charge in [0.15, 0.2) is 0 Å². The number of aromatic nitrogens is 1. The Morgan fingerprint density at radius 2 is 2.24 bits per heavy atom. The van der Waals surface area contributed by atoms with Crippen LogP contribution in [-0.4, -0.2) is 33.7 Å². The normalized spacial score (nSPS) is 10.6. The molecule has 1 amide bonds. The highest BCUT2D eigenvalue weighted by Crippen LogP contribution is 2.10. The van der Waals surface area contributed by atoms with E-state index in [-0.39, 0.29) is 11.9 Å². The number of hydrogen-bond acceptors (Lipinski definition) is 2. The van der Waals surface area contributed by atoms with Gasteiger partial charge in [0.25, 0.3) is 5.91 Å². The van der Waals surface area contributed by atoms with Crippen molar-refractivity contribution < 1.29 is 9.18 Å². The van der Waals surface area contributed by atoms with Crippen LogP contribution in [0.25, 0.3) is 0 Å². The van der Waals surface area contributed by atoms with Crippen molar-refractivity contribution in [1.82, 2.24) is 9.88 Å². The predicted octanol–water partition coefficient (Wildman–Crippen LogP) is 2.86. The van der Waals surface area contributed by atoms with Crippen LogP contribution in [0.1, 0.15) is 30.6 Å². The molecule has 0 saturated heterocycles. The van der Waals surface area contributed by atoms with E-state index in [1.807, 2.05) is 13.8 Å². The minimum Gasteiger partial charge on any atom is -0.336 e. The van der Waals surface area contributed by atoms with E-state index >= 15 is 0 Å². The summed E-state index contributed by atoms with van der Waals surface area (Å²) in [6, 6.07) is 1.31. The zero-order chi connectivity index (χ0) is 12.8. The molecule has 0 aliphatic carbocycles. The van der Waals surface area contributed by atoms with Gasteiger partial charge in [0.2, 0.25) is 0 Å². The topological polar surface area (TPSA) is 33.2 Å². The first-order chi connectivity index (χ1) is 8.06. The Morgan fingerprint density at radius 1 is 1.53 bits per heavy atom. The van der Waals surface area contributed by atoms with Crippen molar-refractivity contribution in [3.63, 3.8) is 0 Å². The summed E-state index contributed by atoms with van der Waals surface area (Å²) in [7, 11) is 0. The van der Waals surface area contributed by atoms with Crippen LogP contribution in [0.3, 0.4) is 0 Å². The Balaban J connectivity index is 2.84. The van der Waals surface area contributed by atoms with Crippen molar-refractivity contribution in [2.75, 3.05) is 11.9 Å². The first-order valence-corrected chi connectivity index (χ1v) is 6.66. The fraction of sp³-hybridized carbons (Fsp3) is 0.500. The molecule has 0 N–H and O–H groups in total. The molecule has 1 heterocycles. The number of halogens is 2. The lowest BCUT2D eigenvalue weighted by molar-refractivity contribution is 0.0705. The molecule has 0 aliphatic rings. The van der Waals surface area contributed by atoms with Gasteiger partial charge in [0, 0.05) is 24.1 Å². The summed E-state index contributed by atoms with van der Waals surface area (Å²) in [5.41, 5.74) is 0.299. The van der Waals surface area contributed by atoms with Crippen LogP contribution >= 0.6 is 15.9 Å². The van der Waals surface area contributed by atoms with Gasteiger partial charge in [0.05, 0.1) is 11.8 Å². The van der Waals surface area contributed by atoms with E-state index in [0.717, 1.165) is 17.9 Å². The number of nitrogens with zero attached hydrogens (tertiary/aromatic N) is 2. The van der Waals surface area contributed by atoms with Crippen molar-refractivity contribution in [2.24, 2.45) is 0 Å². The number of amides is 1. The number of hydrogen-bond donors (Lipinski definition) is 0. The molecule has 0 aliphatic heterocycles. The van der Waals surface area contributed by atoms with Gasteiger partial charge in [-0.3, -0.25) is 9.78 Å². The van der Waals surface area contributed by atoms with Crippen molar-refractivity contribution in [1.29, 1.82) is 0 Å². The Kier molecular flexibility index (Phi) is 5.55.